The summed E-state index contributed by atoms with van der Waals surface area (Å²) in [6.07, 6.45) is 4.40. The highest BCUT2D eigenvalue weighted by Gasteiger charge is 2.25. The molecule has 1 aliphatic carbocycles. The molecule has 0 saturated carbocycles. The van der Waals surface area contributed by atoms with Crippen molar-refractivity contribution in [3.63, 3.8) is 0 Å². The molecule has 2 heterocycles. The monoisotopic (exact) mass is 327 g/mol. The number of nitrogens with two attached hydrogens (primary N) is 1. The number of allylic oxidation sites excluding steroid dienone is 1. The fraction of sp³-hybridized carbons (Fsp3) is 0.364. The zero-order valence-electron chi connectivity index (χ0n) is 11.3. The summed E-state index contributed by atoms with van der Waals surface area (Å²) in [5, 5.41) is 0. The van der Waals surface area contributed by atoms with E-state index < -0.39 is 25.6 Å². The van der Waals surface area contributed by atoms with Crippen LogP contribution in [0.3, 0.4) is 0 Å². The summed E-state index contributed by atoms with van der Waals surface area (Å²) >= 11 is 0. The first-order valence-corrected chi connectivity index (χ1v) is 8.20. The van der Waals surface area contributed by atoms with Crippen LogP contribution in [0.5, 0.6) is 0 Å². The van der Waals surface area contributed by atoms with Crippen LogP contribution in [0.4, 0.5) is 5.95 Å². The molecule has 2 aromatic rings. The highest BCUT2D eigenvalue weighted by molar-refractivity contribution is 7.51. The normalized spacial score (nSPS) is 21.7. The van der Waals surface area contributed by atoms with Crippen molar-refractivity contribution in [1.82, 2.24) is 19.5 Å². The van der Waals surface area contributed by atoms with Gasteiger partial charge < -0.3 is 24.8 Å². The van der Waals surface area contributed by atoms with Gasteiger partial charge in [-0.1, -0.05) is 12.2 Å². The molecule has 0 aliphatic heterocycles. The standard InChI is InChI=1S/C11H14N5O5P/c12-11-14-9-8(10(17)15-11)13-4-16(9)6-1-2-7(3-6)21-5-22(18,19)20/h1-2,4,6-7H,3,5H2,(H2,18,19,20)(H3,12,14,15,17)/t6-,7+/m1/s1. The van der Waals surface area contributed by atoms with E-state index in [1.54, 1.807) is 10.6 Å². The number of fused-ring (bicyclic) bond motifs is 1. The van der Waals surface area contributed by atoms with Crippen LogP contribution < -0.4 is 11.3 Å². The number of hydrogen-bond donors (Lipinski definition) is 4. The lowest BCUT2D eigenvalue weighted by Gasteiger charge is -2.15. The Labute approximate surface area is 123 Å². The van der Waals surface area contributed by atoms with Crippen LogP contribution in [-0.2, 0) is 9.30 Å². The van der Waals surface area contributed by atoms with E-state index in [1.165, 1.54) is 6.33 Å². The number of aromatic amines is 1. The molecule has 0 saturated heterocycles. The quantitative estimate of drug-likeness (QED) is 0.441. The van der Waals surface area contributed by atoms with Crippen LogP contribution in [0.25, 0.3) is 11.2 Å². The van der Waals surface area contributed by atoms with E-state index in [0.717, 1.165) is 0 Å². The number of rotatable bonds is 4. The topological polar surface area (TPSA) is 156 Å². The third-order valence-electron chi connectivity index (χ3n) is 3.29. The van der Waals surface area contributed by atoms with Gasteiger partial charge in [-0.2, -0.15) is 4.98 Å². The molecule has 22 heavy (non-hydrogen) atoms. The number of nitrogens with zero attached hydrogens (tertiary/aromatic N) is 3. The molecule has 0 amide bonds. The summed E-state index contributed by atoms with van der Waals surface area (Å²) in [5.41, 5.74) is 5.65. The van der Waals surface area contributed by atoms with Gasteiger partial charge in [-0.3, -0.25) is 14.3 Å². The van der Waals surface area contributed by atoms with Gasteiger partial charge in [-0.25, -0.2) is 4.98 Å². The van der Waals surface area contributed by atoms with Crippen molar-refractivity contribution in [2.24, 2.45) is 0 Å². The Hall–Kier alpha value is -2.00. The lowest BCUT2D eigenvalue weighted by molar-refractivity contribution is 0.102. The largest absolute Gasteiger partial charge is 0.369 e. The minimum atomic E-state index is -4.20. The van der Waals surface area contributed by atoms with Gasteiger partial charge in [0.25, 0.3) is 5.56 Å². The van der Waals surface area contributed by atoms with Crippen molar-refractivity contribution in [3.8, 4) is 0 Å². The summed E-state index contributed by atoms with van der Waals surface area (Å²) in [5.74, 6) is -0.00414. The van der Waals surface area contributed by atoms with E-state index in [1.807, 2.05) is 6.08 Å². The number of nitrogens with one attached hydrogen (secondary N) is 1. The van der Waals surface area contributed by atoms with E-state index in [0.29, 0.717) is 12.1 Å². The van der Waals surface area contributed by atoms with E-state index >= 15 is 0 Å². The Morgan fingerprint density at radius 3 is 3.00 bits per heavy atom. The minimum Gasteiger partial charge on any atom is -0.369 e. The number of H-pyrrole nitrogens is 1. The second-order valence-corrected chi connectivity index (χ2v) is 6.55. The van der Waals surface area contributed by atoms with Gasteiger partial charge in [0.2, 0.25) is 5.95 Å². The van der Waals surface area contributed by atoms with Gasteiger partial charge in [-0.05, 0) is 0 Å². The summed E-state index contributed by atoms with van der Waals surface area (Å²) in [4.78, 5) is 39.8. The van der Waals surface area contributed by atoms with Gasteiger partial charge in [0.05, 0.1) is 18.5 Å². The number of ether oxygens (including phenoxy) is 1. The Morgan fingerprint density at radius 2 is 2.27 bits per heavy atom. The summed E-state index contributed by atoms with van der Waals surface area (Å²) in [6, 6.07) is -0.180. The first-order chi connectivity index (χ1) is 10.3. The zero-order valence-corrected chi connectivity index (χ0v) is 12.2. The second-order valence-electron chi connectivity index (χ2n) is 4.96. The molecular formula is C11H14N5O5P. The number of nitrogen functional groups attached to an aromatic ring is 1. The molecule has 1 aliphatic rings. The molecule has 5 N–H and O–H groups in total. The van der Waals surface area contributed by atoms with Gasteiger partial charge in [-0.15, -0.1) is 0 Å². The van der Waals surface area contributed by atoms with Crippen LogP contribution in [0.2, 0.25) is 0 Å². The van der Waals surface area contributed by atoms with Crippen molar-refractivity contribution in [2.45, 2.75) is 18.6 Å². The predicted octanol–water partition coefficient (Wildman–Crippen LogP) is -0.277. The average Bonchev–Trinajstić information content (AvgIpc) is 3.01. The van der Waals surface area contributed by atoms with Crippen LogP contribution in [-0.4, -0.2) is 41.8 Å². The third kappa shape index (κ3) is 2.95. The second kappa shape index (κ2) is 5.33. The molecule has 11 heteroatoms. The summed E-state index contributed by atoms with van der Waals surface area (Å²) in [6.45, 7) is 0. The first kappa shape index (κ1) is 14.9. The highest BCUT2D eigenvalue weighted by Crippen LogP contribution is 2.36. The molecule has 118 valence electrons. The number of hydrogen-bond acceptors (Lipinski definition) is 6. The number of imidazole rings is 1. The molecule has 0 radical (unpaired) electrons. The molecular weight excluding hydrogens is 313 g/mol. The molecule has 0 fully saturated rings. The van der Waals surface area contributed by atoms with Crippen molar-refractivity contribution < 1.29 is 19.1 Å². The number of anilines is 1. The van der Waals surface area contributed by atoms with E-state index in [-0.39, 0.29) is 17.5 Å². The van der Waals surface area contributed by atoms with Gasteiger partial charge in [0.15, 0.2) is 11.2 Å². The van der Waals surface area contributed by atoms with Crippen LogP contribution in [0.1, 0.15) is 12.5 Å². The lowest BCUT2D eigenvalue weighted by Crippen LogP contribution is -2.15. The Morgan fingerprint density at radius 1 is 1.50 bits per heavy atom. The molecule has 2 aromatic heterocycles. The smallest absolute Gasteiger partial charge is 0.351 e. The zero-order chi connectivity index (χ0) is 15.9. The van der Waals surface area contributed by atoms with Crippen molar-refractivity contribution in [2.75, 3.05) is 12.1 Å². The molecule has 0 aromatic carbocycles. The lowest BCUT2D eigenvalue weighted by atomic mass is 10.2. The summed E-state index contributed by atoms with van der Waals surface area (Å²) in [7, 11) is -4.20. The van der Waals surface area contributed by atoms with Crippen molar-refractivity contribution in [1.29, 1.82) is 0 Å². The maximum atomic E-state index is 11.7. The maximum absolute atomic E-state index is 11.7. The summed E-state index contributed by atoms with van der Waals surface area (Å²) < 4.78 is 17.7. The molecule has 0 bridgehead atoms. The van der Waals surface area contributed by atoms with Gasteiger partial charge in [0.1, 0.15) is 6.35 Å². The van der Waals surface area contributed by atoms with Gasteiger partial charge in [0, 0.05) is 6.42 Å². The van der Waals surface area contributed by atoms with E-state index in [4.69, 9.17) is 20.3 Å². The van der Waals surface area contributed by atoms with Crippen molar-refractivity contribution >= 4 is 24.7 Å². The molecule has 2 atom stereocenters. The van der Waals surface area contributed by atoms with E-state index in [2.05, 4.69) is 15.0 Å². The fourth-order valence-electron chi connectivity index (χ4n) is 2.36. The molecule has 10 nitrogen and oxygen atoms in total. The fourth-order valence-corrected chi connectivity index (χ4v) is 2.74. The van der Waals surface area contributed by atoms with Crippen LogP contribution in [0.15, 0.2) is 23.3 Å². The van der Waals surface area contributed by atoms with Gasteiger partial charge >= 0.3 is 7.60 Å². The Bertz CT molecular complexity index is 837. The third-order valence-corrected chi connectivity index (χ3v) is 3.77. The number of aromatic nitrogens is 4. The minimum absolute atomic E-state index is 0.00414. The SMILES string of the molecule is Nc1nc2c(ncn2[C@@H]2C=C[C@H](OCP(=O)(O)O)C2)c(=O)[nH]1. The average molecular weight is 327 g/mol. The molecule has 0 unspecified atom stereocenters. The maximum Gasteiger partial charge on any atom is 0.351 e. The highest BCUT2D eigenvalue weighted by atomic mass is 31.2. The van der Waals surface area contributed by atoms with Crippen LogP contribution >= 0.6 is 7.60 Å². The van der Waals surface area contributed by atoms with E-state index in [9.17, 15) is 9.36 Å². The Balaban J connectivity index is 1.81. The first-order valence-electron chi connectivity index (χ1n) is 6.40. The predicted molar refractivity (Wildman–Crippen MR) is 77.1 cm³/mol. The molecule has 0 spiro atoms. The molecule has 3 rings (SSSR count). The van der Waals surface area contributed by atoms with Crippen LogP contribution in [0, 0.1) is 0 Å². The Kier molecular flexibility index (Phi) is 3.61. The van der Waals surface area contributed by atoms with Crippen molar-refractivity contribution in [3.05, 3.63) is 28.8 Å².